The van der Waals surface area contributed by atoms with Crippen molar-refractivity contribution in [3.63, 3.8) is 0 Å². The van der Waals surface area contributed by atoms with Crippen molar-refractivity contribution in [3.8, 4) is 5.69 Å². The lowest BCUT2D eigenvalue weighted by Crippen LogP contribution is -1.97. The van der Waals surface area contributed by atoms with Crippen molar-refractivity contribution in [1.29, 1.82) is 0 Å². The Labute approximate surface area is 109 Å². The number of fused-ring (bicyclic) bond motifs is 1. The molecule has 18 heavy (non-hydrogen) atoms. The highest BCUT2D eigenvalue weighted by molar-refractivity contribution is 6.28. The van der Waals surface area contributed by atoms with E-state index in [-0.39, 0.29) is 5.28 Å². The minimum absolute atomic E-state index is 0.224. The highest BCUT2D eigenvalue weighted by atomic mass is 35.5. The Morgan fingerprint density at radius 3 is 2.78 bits per heavy atom. The van der Waals surface area contributed by atoms with E-state index in [1.165, 1.54) is 0 Å². The number of pyridine rings is 1. The maximum absolute atomic E-state index is 5.89. The van der Waals surface area contributed by atoms with Gasteiger partial charge in [0.2, 0.25) is 5.28 Å². The van der Waals surface area contributed by atoms with Gasteiger partial charge < -0.3 is 0 Å². The summed E-state index contributed by atoms with van der Waals surface area (Å²) in [5, 5.41) is 0.224. The Hall–Kier alpha value is -2.01. The normalized spacial score (nSPS) is 11.1. The summed E-state index contributed by atoms with van der Waals surface area (Å²) >= 11 is 5.89. The van der Waals surface area contributed by atoms with Gasteiger partial charge in [-0.3, -0.25) is 9.55 Å². The molecule has 0 radical (unpaired) electrons. The smallest absolute Gasteiger partial charge is 0.224 e. The summed E-state index contributed by atoms with van der Waals surface area (Å²) in [6.07, 6.45) is 5.27. The van der Waals surface area contributed by atoms with Crippen molar-refractivity contribution < 1.29 is 0 Å². The van der Waals surface area contributed by atoms with Gasteiger partial charge in [0.15, 0.2) is 5.65 Å². The van der Waals surface area contributed by atoms with Gasteiger partial charge >= 0.3 is 0 Å². The van der Waals surface area contributed by atoms with Crippen molar-refractivity contribution in [2.45, 2.75) is 13.8 Å². The lowest BCUT2D eigenvalue weighted by molar-refractivity contribution is 1.03. The number of rotatable bonds is 1. The topological polar surface area (TPSA) is 56.5 Å². The number of aromatic nitrogens is 5. The first-order chi connectivity index (χ1) is 8.65. The molecule has 0 atom stereocenters. The van der Waals surface area contributed by atoms with E-state index in [9.17, 15) is 0 Å². The molecule has 90 valence electrons. The second kappa shape index (κ2) is 4.03. The third-order valence-electron chi connectivity index (χ3n) is 2.68. The summed E-state index contributed by atoms with van der Waals surface area (Å²) < 4.78 is 1.86. The Balaban J connectivity index is 2.30. The lowest BCUT2D eigenvalue weighted by atomic mass is 10.3. The Bertz CT molecular complexity index is 734. The largest absolute Gasteiger partial charge is 0.282 e. The number of halogens is 1. The van der Waals surface area contributed by atoms with Crippen LogP contribution in [-0.4, -0.2) is 24.5 Å². The predicted octanol–water partition coefficient (Wildman–Crippen LogP) is 2.48. The van der Waals surface area contributed by atoms with E-state index in [4.69, 9.17) is 11.6 Å². The Morgan fingerprint density at radius 1 is 1.17 bits per heavy atom. The molecule has 3 heterocycles. The zero-order valence-electron chi connectivity index (χ0n) is 9.92. The lowest BCUT2D eigenvalue weighted by Gasteiger charge is -2.04. The second-order valence-corrected chi connectivity index (χ2v) is 4.42. The van der Waals surface area contributed by atoms with E-state index in [1.54, 1.807) is 18.7 Å². The van der Waals surface area contributed by atoms with Gasteiger partial charge in [0.25, 0.3) is 0 Å². The van der Waals surface area contributed by atoms with E-state index in [2.05, 4.69) is 19.9 Å². The SMILES string of the molecule is Cc1cncc(-n2cnc3c(C)nc(Cl)nc32)c1. The Morgan fingerprint density at radius 2 is 2.00 bits per heavy atom. The van der Waals surface area contributed by atoms with Crippen LogP contribution in [0.25, 0.3) is 16.9 Å². The van der Waals surface area contributed by atoms with Crippen LogP contribution in [0.3, 0.4) is 0 Å². The average Bonchev–Trinajstić information content (AvgIpc) is 2.72. The summed E-state index contributed by atoms with van der Waals surface area (Å²) in [7, 11) is 0. The molecule has 3 aromatic rings. The van der Waals surface area contributed by atoms with E-state index in [0.29, 0.717) is 5.65 Å². The minimum Gasteiger partial charge on any atom is -0.282 e. The van der Waals surface area contributed by atoms with Crippen molar-refractivity contribution in [3.05, 3.63) is 41.3 Å². The molecule has 0 N–H and O–H groups in total. The van der Waals surface area contributed by atoms with Crippen molar-refractivity contribution in [2.24, 2.45) is 0 Å². The van der Waals surface area contributed by atoms with E-state index in [1.807, 2.05) is 24.5 Å². The average molecular weight is 260 g/mol. The number of hydrogen-bond acceptors (Lipinski definition) is 4. The molecule has 0 saturated heterocycles. The molecule has 3 rings (SSSR count). The van der Waals surface area contributed by atoms with Crippen molar-refractivity contribution in [1.82, 2.24) is 24.5 Å². The molecular formula is C12H10ClN5. The fourth-order valence-electron chi connectivity index (χ4n) is 1.87. The molecular weight excluding hydrogens is 250 g/mol. The molecule has 0 aromatic carbocycles. The summed E-state index contributed by atoms with van der Waals surface area (Å²) in [5.74, 6) is 0. The maximum atomic E-state index is 5.89. The van der Waals surface area contributed by atoms with Crippen molar-refractivity contribution >= 4 is 22.8 Å². The van der Waals surface area contributed by atoms with Crippen molar-refractivity contribution in [2.75, 3.05) is 0 Å². The molecule has 0 unspecified atom stereocenters. The summed E-state index contributed by atoms with van der Waals surface area (Å²) in [5.41, 5.74) is 4.20. The quantitative estimate of drug-likeness (QED) is 0.630. The van der Waals surface area contributed by atoms with Crippen LogP contribution >= 0.6 is 11.6 Å². The number of nitrogens with zero attached hydrogens (tertiary/aromatic N) is 5. The molecule has 0 aliphatic carbocycles. The van der Waals surface area contributed by atoms with Crippen LogP contribution in [0, 0.1) is 13.8 Å². The van der Waals surface area contributed by atoms with Crippen LogP contribution in [0.5, 0.6) is 0 Å². The van der Waals surface area contributed by atoms with E-state index < -0.39 is 0 Å². The van der Waals surface area contributed by atoms with Crippen LogP contribution < -0.4 is 0 Å². The highest BCUT2D eigenvalue weighted by Gasteiger charge is 2.11. The van der Waals surface area contributed by atoms with Gasteiger partial charge in [0.1, 0.15) is 11.8 Å². The van der Waals surface area contributed by atoms with Gasteiger partial charge in [0, 0.05) is 6.20 Å². The standard InChI is InChI=1S/C12H10ClN5/c1-7-3-9(5-14-4-7)18-6-15-10-8(2)16-12(13)17-11(10)18/h3-6H,1-2H3. The number of aryl methyl sites for hydroxylation is 2. The molecule has 0 aliphatic rings. The molecule has 0 spiro atoms. The molecule has 0 saturated carbocycles. The van der Waals surface area contributed by atoms with Gasteiger partial charge in [-0.2, -0.15) is 4.98 Å². The first kappa shape index (κ1) is 11.1. The predicted molar refractivity (Wildman–Crippen MR) is 68.9 cm³/mol. The van der Waals surface area contributed by atoms with Crippen LogP contribution in [0.2, 0.25) is 5.28 Å². The van der Waals surface area contributed by atoms with Gasteiger partial charge in [-0.05, 0) is 37.1 Å². The van der Waals surface area contributed by atoms with E-state index in [0.717, 1.165) is 22.5 Å². The van der Waals surface area contributed by atoms with Crippen LogP contribution in [-0.2, 0) is 0 Å². The third-order valence-corrected chi connectivity index (χ3v) is 2.85. The molecule has 5 nitrogen and oxygen atoms in total. The molecule has 0 bridgehead atoms. The zero-order chi connectivity index (χ0) is 12.7. The van der Waals surface area contributed by atoms with E-state index >= 15 is 0 Å². The minimum atomic E-state index is 0.224. The van der Waals surface area contributed by atoms with Gasteiger partial charge in [-0.15, -0.1) is 0 Å². The fraction of sp³-hybridized carbons (Fsp3) is 0.167. The molecule has 0 amide bonds. The van der Waals surface area contributed by atoms with Crippen LogP contribution in [0.4, 0.5) is 0 Å². The number of imidazole rings is 1. The summed E-state index contributed by atoms with van der Waals surface area (Å²) in [4.78, 5) is 16.8. The van der Waals surface area contributed by atoms with Crippen LogP contribution in [0.15, 0.2) is 24.8 Å². The fourth-order valence-corrected chi connectivity index (χ4v) is 2.07. The van der Waals surface area contributed by atoms with Crippen LogP contribution in [0.1, 0.15) is 11.3 Å². The van der Waals surface area contributed by atoms with Gasteiger partial charge in [0.05, 0.1) is 17.6 Å². The Kier molecular flexibility index (Phi) is 2.48. The first-order valence-corrected chi connectivity index (χ1v) is 5.82. The first-order valence-electron chi connectivity index (χ1n) is 5.44. The molecule has 0 fully saturated rings. The van der Waals surface area contributed by atoms with Gasteiger partial charge in [-0.1, -0.05) is 0 Å². The zero-order valence-corrected chi connectivity index (χ0v) is 10.7. The highest BCUT2D eigenvalue weighted by Crippen LogP contribution is 2.19. The molecule has 3 aromatic heterocycles. The third kappa shape index (κ3) is 1.73. The molecule has 6 heteroatoms. The molecule has 0 aliphatic heterocycles. The summed E-state index contributed by atoms with van der Waals surface area (Å²) in [6, 6.07) is 2.01. The monoisotopic (exact) mass is 259 g/mol. The second-order valence-electron chi connectivity index (χ2n) is 4.09. The maximum Gasteiger partial charge on any atom is 0.224 e. The summed E-state index contributed by atoms with van der Waals surface area (Å²) in [6.45, 7) is 3.85. The van der Waals surface area contributed by atoms with Gasteiger partial charge in [-0.25, -0.2) is 9.97 Å². The number of hydrogen-bond donors (Lipinski definition) is 0.